The summed E-state index contributed by atoms with van der Waals surface area (Å²) < 4.78 is 9.66. The molecule has 0 unspecified atom stereocenters. The van der Waals surface area contributed by atoms with Gasteiger partial charge in [0.2, 0.25) is 0 Å². The van der Waals surface area contributed by atoms with Crippen LogP contribution in [0.3, 0.4) is 0 Å². The molecule has 1 fully saturated rings. The average molecular weight is 202 g/mol. The summed E-state index contributed by atoms with van der Waals surface area (Å²) in [6.45, 7) is 8.19. The second-order valence-corrected chi connectivity index (χ2v) is 3.84. The normalized spacial score (nSPS) is 14.9. The Bertz CT molecular complexity index is 132. The lowest BCUT2D eigenvalue weighted by molar-refractivity contribution is -0.141. The number of hydrogen-bond acceptors (Lipinski definition) is 3. The second-order valence-electron chi connectivity index (χ2n) is 3.84. The van der Waals surface area contributed by atoms with E-state index in [1.807, 2.05) is 0 Å². The Morgan fingerprint density at radius 1 is 1.36 bits per heavy atom. The predicted molar refractivity (Wildman–Crippen MR) is 56.1 cm³/mol. The highest BCUT2D eigenvalue weighted by Crippen LogP contribution is 1.98. The molecule has 1 aliphatic heterocycles. The van der Waals surface area contributed by atoms with Crippen LogP contribution in [0.1, 0.15) is 40.0 Å². The first-order valence-electron chi connectivity index (χ1n) is 5.34. The van der Waals surface area contributed by atoms with E-state index in [2.05, 4.69) is 13.8 Å². The van der Waals surface area contributed by atoms with Crippen molar-refractivity contribution in [3.63, 3.8) is 0 Å². The van der Waals surface area contributed by atoms with E-state index < -0.39 is 0 Å². The minimum Gasteiger partial charge on any atom is -0.466 e. The Labute approximate surface area is 86.8 Å². The maximum Gasteiger partial charge on any atom is 0.302 e. The summed E-state index contributed by atoms with van der Waals surface area (Å²) in [6.07, 6.45) is 3.51. The summed E-state index contributed by atoms with van der Waals surface area (Å²) in [5, 5.41) is 0. The zero-order valence-electron chi connectivity index (χ0n) is 9.54. The molecule has 0 bridgehead atoms. The second kappa shape index (κ2) is 9.00. The van der Waals surface area contributed by atoms with Gasteiger partial charge in [0.25, 0.3) is 0 Å². The van der Waals surface area contributed by atoms with Gasteiger partial charge in [0, 0.05) is 20.1 Å². The lowest BCUT2D eigenvalue weighted by Gasteiger charge is -2.02. The van der Waals surface area contributed by atoms with Crippen molar-refractivity contribution < 1.29 is 14.3 Å². The van der Waals surface area contributed by atoms with E-state index in [-0.39, 0.29) is 5.97 Å². The molecule has 84 valence electrons. The molecule has 0 aliphatic carbocycles. The largest absolute Gasteiger partial charge is 0.466 e. The van der Waals surface area contributed by atoms with E-state index in [0.717, 1.165) is 19.6 Å². The van der Waals surface area contributed by atoms with Crippen LogP contribution >= 0.6 is 0 Å². The van der Waals surface area contributed by atoms with Crippen molar-refractivity contribution in [2.75, 3.05) is 19.8 Å². The van der Waals surface area contributed by atoms with Crippen LogP contribution in [0.15, 0.2) is 0 Å². The van der Waals surface area contributed by atoms with Crippen LogP contribution in [-0.4, -0.2) is 25.8 Å². The Morgan fingerprint density at radius 3 is 2.21 bits per heavy atom. The van der Waals surface area contributed by atoms with Crippen molar-refractivity contribution in [3.8, 4) is 0 Å². The molecule has 0 aromatic carbocycles. The Morgan fingerprint density at radius 2 is 1.93 bits per heavy atom. The van der Waals surface area contributed by atoms with E-state index in [0.29, 0.717) is 12.5 Å². The van der Waals surface area contributed by atoms with Crippen LogP contribution in [0.4, 0.5) is 0 Å². The maximum absolute atomic E-state index is 10.2. The molecule has 0 aromatic rings. The minimum atomic E-state index is -0.185. The van der Waals surface area contributed by atoms with Crippen molar-refractivity contribution in [1.29, 1.82) is 0 Å². The third-order valence-corrected chi connectivity index (χ3v) is 1.83. The maximum atomic E-state index is 10.2. The predicted octanol–water partition coefficient (Wildman–Crippen LogP) is 2.39. The monoisotopic (exact) mass is 202 g/mol. The van der Waals surface area contributed by atoms with Gasteiger partial charge in [0.1, 0.15) is 0 Å². The van der Waals surface area contributed by atoms with Crippen molar-refractivity contribution >= 4 is 5.97 Å². The average Bonchev–Trinajstić information content (AvgIpc) is 2.58. The highest BCUT2D eigenvalue weighted by atomic mass is 16.5. The fourth-order valence-electron chi connectivity index (χ4n) is 0.949. The molecular weight excluding hydrogens is 180 g/mol. The summed E-state index contributed by atoms with van der Waals surface area (Å²) in [6, 6.07) is 0. The van der Waals surface area contributed by atoms with Crippen molar-refractivity contribution in [2.45, 2.75) is 40.0 Å². The summed E-state index contributed by atoms with van der Waals surface area (Å²) in [5.41, 5.74) is 0. The van der Waals surface area contributed by atoms with Crippen molar-refractivity contribution in [2.24, 2.45) is 5.92 Å². The van der Waals surface area contributed by atoms with E-state index in [1.54, 1.807) is 0 Å². The number of rotatable bonds is 3. The molecule has 3 heteroatoms. The number of esters is 1. The van der Waals surface area contributed by atoms with Gasteiger partial charge in [-0.25, -0.2) is 0 Å². The summed E-state index contributed by atoms with van der Waals surface area (Å²) >= 11 is 0. The summed E-state index contributed by atoms with van der Waals surface area (Å²) in [5.74, 6) is 0.431. The topological polar surface area (TPSA) is 35.5 Å². The SMILES string of the molecule is C1CCOC1.CC(=O)OCCC(C)C. The van der Waals surface area contributed by atoms with Gasteiger partial charge in [0.05, 0.1) is 6.61 Å². The summed E-state index contributed by atoms with van der Waals surface area (Å²) in [7, 11) is 0. The molecule has 0 N–H and O–H groups in total. The van der Waals surface area contributed by atoms with Gasteiger partial charge in [-0.15, -0.1) is 0 Å². The van der Waals surface area contributed by atoms with Crippen LogP contribution in [0.25, 0.3) is 0 Å². The van der Waals surface area contributed by atoms with E-state index in [4.69, 9.17) is 9.47 Å². The minimum absolute atomic E-state index is 0.185. The number of hydrogen-bond donors (Lipinski definition) is 0. The van der Waals surface area contributed by atoms with Crippen LogP contribution in [0, 0.1) is 5.92 Å². The smallest absolute Gasteiger partial charge is 0.302 e. The number of carbonyl (C=O) groups excluding carboxylic acids is 1. The van der Waals surface area contributed by atoms with Gasteiger partial charge in [0.15, 0.2) is 0 Å². The van der Waals surface area contributed by atoms with Gasteiger partial charge in [-0.1, -0.05) is 13.8 Å². The molecule has 0 spiro atoms. The van der Waals surface area contributed by atoms with Crippen LogP contribution in [-0.2, 0) is 14.3 Å². The summed E-state index contributed by atoms with van der Waals surface area (Å²) in [4.78, 5) is 10.2. The molecule has 1 heterocycles. The van der Waals surface area contributed by atoms with Gasteiger partial charge in [-0.2, -0.15) is 0 Å². The zero-order chi connectivity index (χ0) is 10.8. The Hall–Kier alpha value is -0.570. The van der Waals surface area contributed by atoms with E-state index in [1.165, 1.54) is 19.8 Å². The standard InChI is InChI=1S/C7H14O2.C4H8O/c1-6(2)4-5-9-7(3)8;1-2-4-5-3-1/h6H,4-5H2,1-3H3;1-4H2. The van der Waals surface area contributed by atoms with Gasteiger partial charge in [-0.3, -0.25) is 4.79 Å². The molecule has 0 amide bonds. The molecule has 1 saturated heterocycles. The van der Waals surface area contributed by atoms with Crippen LogP contribution in [0.5, 0.6) is 0 Å². The lowest BCUT2D eigenvalue weighted by Crippen LogP contribution is -2.02. The van der Waals surface area contributed by atoms with E-state index >= 15 is 0 Å². The molecule has 0 aromatic heterocycles. The fraction of sp³-hybridized carbons (Fsp3) is 0.909. The third kappa shape index (κ3) is 11.4. The first kappa shape index (κ1) is 13.4. The van der Waals surface area contributed by atoms with Gasteiger partial charge < -0.3 is 9.47 Å². The fourth-order valence-corrected chi connectivity index (χ4v) is 0.949. The highest BCUT2D eigenvalue weighted by molar-refractivity contribution is 5.65. The van der Waals surface area contributed by atoms with Gasteiger partial charge >= 0.3 is 5.97 Å². The first-order chi connectivity index (χ1) is 6.63. The van der Waals surface area contributed by atoms with Crippen molar-refractivity contribution in [3.05, 3.63) is 0 Å². The zero-order valence-corrected chi connectivity index (χ0v) is 9.54. The number of carbonyl (C=O) groups is 1. The third-order valence-electron chi connectivity index (χ3n) is 1.83. The molecule has 0 radical (unpaired) electrons. The molecule has 14 heavy (non-hydrogen) atoms. The quantitative estimate of drug-likeness (QED) is 0.659. The van der Waals surface area contributed by atoms with Crippen LogP contribution in [0.2, 0.25) is 0 Å². The molecule has 1 rings (SSSR count). The molecule has 3 nitrogen and oxygen atoms in total. The molecule has 1 aliphatic rings. The Balaban J connectivity index is 0.000000280. The number of ether oxygens (including phenoxy) is 2. The molecule has 0 atom stereocenters. The van der Waals surface area contributed by atoms with Crippen molar-refractivity contribution in [1.82, 2.24) is 0 Å². The first-order valence-corrected chi connectivity index (χ1v) is 5.34. The van der Waals surface area contributed by atoms with Crippen LogP contribution < -0.4 is 0 Å². The molecular formula is C11H22O3. The highest BCUT2D eigenvalue weighted by Gasteiger charge is 1.95. The Kier molecular flexibility index (Phi) is 8.64. The molecule has 0 saturated carbocycles. The lowest BCUT2D eigenvalue weighted by atomic mass is 10.1. The van der Waals surface area contributed by atoms with Gasteiger partial charge in [-0.05, 0) is 25.2 Å². The van der Waals surface area contributed by atoms with E-state index in [9.17, 15) is 4.79 Å².